The van der Waals surface area contributed by atoms with E-state index in [4.69, 9.17) is 0 Å². The van der Waals surface area contributed by atoms with E-state index in [9.17, 15) is 23.4 Å². The molecule has 7 nitrogen and oxygen atoms in total. The van der Waals surface area contributed by atoms with Crippen LogP contribution in [0.2, 0.25) is 0 Å². The van der Waals surface area contributed by atoms with Crippen molar-refractivity contribution in [1.29, 1.82) is 0 Å². The summed E-state index contributed by atoms with van der Waals surface area (Å²) in [7, 11) is -4.10. The summed E-state index contributed by atoms with van der Waals surface area (Å²) in [5.41, 5.74) is 2.60. The van der Waals surface area contributed by atoms with Crippen molar-refractivity contribution in [2.75, 3.05) is 5.75 Å². The van der Waals surface area contributed by atoms with Gasteiger partial charge < -0.3 is 10.2 Å². The zero-order valence-corrected chi connectivity index (χ0v) is 20.1. The third kappa shape index (κ3) is 7.70. The molecule has 1 heterocycles. The van der Waals surface area contributed by atoms with Crippen LogP contribution in [0.1, 0.15) is 23.1 Å². The van der Waals surface area contributed by atoms with E-state index in [2.05, 4.69) is 21.5 Å². The fourth-order valence-corrected chi connectivity index (χ4v) is 5.55. The van der Waals surface area contributed by atoms with Crippen molar-refractivity contribution in [3.05, 3.63) is 76.8 Å². The number of thioether (sulfide) groups is 1. The molecule has 2 unspecified atom stereocenters. The Hall–Kier alpha value is -2.68. The number of aryl methyl sites for hydroxylation is 1. The van der Waals surface area contributed by atoms with E-state index in [0.29, 0.717) is 5.56 Å². The monoisotopic (exact) mass is 502 g/mol. The molecular weight excluding hydrogens is 480 g/mol. The maximum Gasteiger partial charge on any atom is 0.321 e. The number of hydrogen-bond acceptors (Lipinski definition) is 7. The molecule has 0 radical (unpaired) electrons. The molecule has 3 N–H and O–H groups in total. The Kier molecular flexibility index (Phi) is 8.66. The Morgan fingerprint density at radius 1 is 1.12 bits per heavy atom. The predicted molar refractivity (Wildman–Crippen MR) is 129 cm³/mol. The number of carboxylic acid groups (broad SMARTS) is 1. The molecule has 0 saturated carbocycles. The quantitative estimate of drug-likeness (QED) is 0.304. The first-order valence-electron chi connectivity index (χ1n) is 9.87. The smallest absolute Gasteiger partial charge is 0.321 e. The van der Waals surface area contributed by atoms with Gasteiger partial charge in [-0.15, -0.1) is 11.3 Å². The molecule has 2 atom stereocenters. The normalized spacial score (nSPS) is 13.0. The molecular formula is C23H22N2O5S3. The number of hydrogen-bond donors (Lipinski definition) is 3. The number of aliphatic hydroxyl groups is 1. The van der Waals surface area contributed by atoms with Gasteiger partial charge in [-0.2, -0.15) is 4.72 Å². The van der Waals surface area contributed by atoms with Crippen LogP contribution >= 0.6 is 23.1 Å². The summed E-state index contributed by atoms with van der Waals surface area (Å²) in [4.78, 5) is 15.6. The fraction of sp³-hybridized carbons (Fsp3) is 0.217. The van der Waals surface area contributed by atoms with Gasteiger partial charge in [0.25, 0.3) is 0 Å². The minimum atomic E-state index is -4.10. The molecule has 0 amide bonds. The second-order valence-corrected chi connectivity index (χ2v) is 11.0. The average molecular weight is 503 g/mol. The van der Waals surface area contributed by atoms with Crippen LogP contribution in [0, 0.1) is 18.8 Å². The number of rotatable bonds is 9. The molecule has 10 heteroatoms. The van der Waals surface area contributed by atoms with Crippen molar-refractivity contribution >= 4 is 39.1 Å². The molecule has 0 aliphatic rings. The van der Waals surface area contributed by atoms with Crippen LogP contribution in [-0.4, -0.2) is 47.5 Å². The van der Waals surface area contributed by atoms with Gasteiger partial charge in [0.1, 0.15) is 10.4 Å². The number of aliphatic carboxylic acids is 1. The van der Waals surface area contributed by atoms with Crippen LogP contribution in [0.25, 0.3) is 0 Å². The van der Waals surface area contributed by atoms with Gasteiger partial charge in [0.15, 0.2) is 0 Å². The van der Waals surface area contributed by atoms with Crippen molar-refractivity contribution in [1.82, 2.24) is 9.71 Å². The van der Waals surface area contributed by atoms with Crippen LogP contribution < -0.4 is 4.72 Å². The van der Waals surface area contributed by atoms with Gasteiger partial charge >= 0.3 is 5.97 Å². The minimum Gasteiger partial charge on any atom is -0.480 e. The zero-order chi connectivity index (χ0) is 23.8. The van der Waals surface area contributed by atoms with Gasteiger partial charge in [0.2, 0.25) is 10.0 Å². The molecule has 0 spiro atoms. The summed E-state index contributed by atoms with van der Waals surface area (Å²) >= 11 is 2.69. The Bertz CT molecular complexity index is 1230. The summed E-state index contributed by atoms with van der Waals surface area (Å²) in [5.74, 6) is 4.82. The Balaban J connectivity index is 1.63. The highest BCUT2D eigenvalue weighted by Crippen LogP contribution is 2.22. The second kappa shape index (κ2) is 11.4. The van der Waals surface area contributed by atoms with Gasteiger partial charge in [-0.3, -0.25) is 4.79 Å². The molecule has 2 aromatic carbocycles. The SMILES string of the molecule is Cc1ccc(C#Cc2ccc(S(=O)(=O)NC(CC(O)CSc3nccs3)C(=O)O)cc2)cc1. The molecule has 0 bridgehead atoms. The van der Waals surface area contributed by atoms with Crippen molar-refractivity contribution in [2.45, 2.75) is 34.7 Å². The molecule has 3 aromatic rings. The fourth-order valence-electron chi connectivity index (χ4n) is 2.74. The highest BCUT2D eigenvalue weighted by Gasteiger charge is 2.27. The van der Waals surface area contributed by atoms with Crippen molar-refractivity contribution in [2.24, 2.45) is 0 Å². The Morgan fingerprint density at radius 3 is 2.27 bits per heavy atom. The Morgan fingerprint density at radius 2 is 1.73 bits per heavy atom. The first-order valence-corrected chi connectivity index (χ1v) is 13.2. The number of thiazole rings is 1. The highest BCUT2D eigenvalue weighted by atomic mass is 32.2. The Labute approximate surface area is 201 Å². The number of carbonyl (C=O) groups is 1. The number of sulfonamides is 1. The predicted octanol–water partition coefficient (Wildman–Crippen LogP) is 3.13. The maximum absolute atomic E-state index is 12.7. The second-order valence-electron chi connectivity index (χ2n) is 7.15. The largest absolute Gasteiger partial charge is 0.480 e. The van der Waals surface area contributed by atoms with Crippen LogP contribution in [0.4, 0.5) is 0 Å². The highest BCUT2D eigenvalue weighted by molar-refractivity contribution is 8.01. The first-order chi connectivity index (χ1) is 15.7. The first kappa shape index (κ1) is 25.0. The van der Waals surface area contributed by atoms with Gasteiger partial charge in [-0.25, -0.2) is 13.4 Å². The van der Waals surface area contributed by atoms with Crippen LogP contribution in [-0.2, 0) is 14.8 Å². The van der Waals surface area contributed by atoms with Crippen molar-refractivity contribution < 1.29 is 23.4 Å². The van der Waals surface area contributed by atoms with Gasteiger partial charge in [0, 0.05) is 34.9 Å². The van der Waals surface area contributed by atoms with Crippen LogP contribution in [0.3, 0.4) is 0 Å². The molecule has 3 rings (SSSR count). The van der Waals surface area contributed by atoms with E-state index in [1.165, 1.54) is 35.2 Å². The number of nitrogens with one attached hydrogen (secondary N) is 1. The lowest BCUT2D eigenvalue weighted by Crippen LogP contribution is -2.43. The van der Waals surface area contributed by atoms with E-state index in [1.54, 1.807) is 23.7 Å². The third-order valence-electron chi connectivity index (χ3n) is 4.48. The molecule has 0 aliphatic heterocycles. The number of carboxylic acids is 1. The lowest BCUT2D eigenvalue weighted by molar-refractivity contribution is -0.139. The number of nitrogens with zero attached hydrogens (tertiary/aromatic N) is 1. The maximum atomic E-state index is 12.7. The van der Waals surface area contributed by atoms with Gasteiger partial charge in [0.05, 0.1) is 11.0 Å². The summed E-state index contributed by atoms with van der Waals surface area (Å²) in [6.45, 7) is 1.99. The molecule has 172 valence electrons. The molecule has 33 heavy (non-hydrogen) atoms. The van der Waals surface area contributed by atoms with Crippen LogP contribution in [0.5, 0.6) is 0 Å². The number of benzene rings is 2. The molecule has 1 aromatic heterocycles. The topological polar surface area (TPSA) is 117 Å². The lowest BCUT2D eigenvalue weighted by Gasteiger charge is -2.18. The number of aliphatic hydroxyl groups excluding tert-OH is 1. The zero-order valence-electron chi connectivity index (χ0n) is 17.6. The van der Waals surface area contributed by atoms with Gasteiger partial charge in [-0.05, 0) is 43.3 Å². The number of aromatic nitrogens is 1. The minimum absolute atomic E-state index is 0.0821. The van der Waals surface area contributed by atoms with E-state index in [0.717, 1.165) is 15.5 Å². The average Bonchev–Trinajstić information content (AvgIpc) is 3.31. The van der Waals surface area contributed by atoms with E-state index >= 15 is 0 Å². The van der Waals surface area contributed by atoms with Crippen LogP contribution in [0.15, 0.2) is 69.3 Å². The van der Waals surface area contributed by atoms with E-state index in [-0.39, 0.29) is 17.1 Å². The summed E-state index contributed by atoms with van der Waals surface area (Å²) in [5, 5.41) is 21.4. The van der Waals surface area contributed by atoms with E-state index < -0.39 is 28.1 Å². The third-order valence-corrected chi connectivity index (χ3v) is 8.08. The lowest BCUT2D eigenvalue weighted by atomic mass is 10.1. The van der Waals surface area contributed by atoms with Gasteiger partial charge in [-0.1, -0.05) is 41.3 Å². The van der Waals surface area contributed by atoms with Crippen molar-refractivity contribution in [3.63, 3.8) is 0 Å². The van der Waals surface area contributed by atoms with Crippen molar-refractivity contribution in [3.8, 4) is 11.8 Å². The summed E-state index contributed by atoms with van der Waals surface area (Å²) in [6.07, 6.45) is 0.335. The standard InChI is InChI=1S/C23H22N2O5S3/c1-16-2-4-17(5-3-16)6-7-18-8-10-20(11-9-18)33(29,30)25-21(22(27)28)14-19(26)15-32-23-24-12-13-31-23/h2-5,8-13,19,21,25-26H,14-15H2,1H3,(H,27,28). The molecule has 0 saturated heterocycles. The molecule has 0 aliphatic carbocycles. The summed E-state index contributed by atoms with van der Waals surface area (Å²) < 4.78 is 28.3. The molecule has 0 fully saturated rings. The van der Waals surface area contributed by atoms with E-state index in [1.807, 2.05) is 31.2 Å². The summed E-state index contributed by atoms with van der Waals surface area (Å²) in [6, 6.07) is 12.1.